The van der Waals surface area contributed by atoms with Gasteiger partial charge >= 0.3 is 12.1 Å². The summed E-state index contributed by atoms with van der Waals surface area (Å²) in [5.41, 5.74) is 4.54. The Bertz CT molecular complexity index is 754. The van der Waals surface area contributed by atoms with Crippen LogP contribution >= 0.6 is 0 Å². The Kier molecular flexibility index (Phi) is 4.74. The molecule has 130 valence electrons. The molecule has 2 aromatic carbocycles. The average molecular weight is 340 g/mol. The van der Waals surface area contributed by atoms with Crippen molar-refractivity contribution in [2.24, 2.45) is 5.92 Å². The second-order valence-corrected chi connectivity index (χ2v) is 6.53. The number of alkyl carbamates (subject to hydrolysis) is 1. The lowest BCUT2D eigenvalue weighted by Gasteiger charge is -2.19. The van der Waals surface area contributed by atoms with Crippen LogP contribution in [-0.4, -0.2) is 29.8 Å². The second-order valence-electron chi connectivity index (χ2n) is 6.53. The largest absolute Gasteiger partial charge is 0.480 e. The third-order valence-electron chi connectivity index (χ3n) is 4.55. The summed E-state index contributed by atoms with van der Waals surface area (Å²) in [6.45, 7) is 3.65. The molecule has 0 aliphatic heterocycles. The molecule has 1 amide bonds. The number of carboxylic acid groups (broad SMARTS) is 1. The number of aliphatic carboxylic acids is 1. The molecule has 0 saturated heterocycles. The Hall–Kier alpha value is -2.82. The molecule has 0 saturated carbocycles. The van der Waals surface area contributed by atoms with Crippen LogP contribution in [0.15, 0.2) is 48.5 Å². The van der Waals surface area contributed by atoms with Crippen molar-refractivity contribution in [2.45, 2.75) is 25.8 Å². The number of rotatable bonds is 5. The third-order valence-corrected chi connectivity index (χ3v) is 4.55. The summed E-state index contributed by atoms with van der Waals surface area (Å²) in [7, 11) is 0. The first kappa shape index (κ1) is 17.0. The molecular weight excluding hydrogens is 319 g/mol. The minimum Gasteiger partial charge on any atom is -0.480 e. The van der Waals surface area contributed by atoms with E-state index in [0.29, 0.717) is 0 Å². The van der Waals surface area contributed by atoms with Crippen molar-refractivity contribution in [2.75, 3.05) is 6.61 Å². The molecule has 3 rings (SSSR count). The highest BCUT2D eigenvalue weighted by atomic mass is 16.6. The van der Waals surface area contributed by atoms with Crippen LogP contribution in [0.1, 0.15) is 30.9 Å². The summed E-state index contributed by atoms with van der Waals surface area (Å²) in [4.78, 5) is 23.2. The molecule has 1 aliphatic carbocycles. The summed E-state index contributed by atoms with van der Waals surface area (Å²) >= 11 is 0. The lowest BCUT2D eigenvalue weighted by Crippen LogP contribution is -2.44. The summed E-state index contributed by atoms with van der Waals surface area (Å²) in [6, 6.07) is 15.2. The van der Waals surface area contributed by atoms with Gasteiger partial charge in [-0.2, -0.15) is 0 Å². The van der Waals surface area contributed by atoms with Gasteiger partial charge in [0.15, 0.2) is 0 Å². The van der Waals surface area contributed by atoms with E-state index >= 15 is 0 Å². The van der Waals surface area contributed by atoms with Crippen LogP contribution in [0.3, 0.4) is 0 Å². The monoisotopic (exact) mass is 340 g/mol. The minimum absolute atomic E-state index is 0.0412. The Balaban J connectivity index is 1.73. The number of fused-ring (bicyclic) bond motifs is 3. The van der Waals surface area contributed by atoms with E-state index in [2.05, 4.69) is 17.4 Å². The van der Waals surface area contributed by atoms with Crippen LogP contribution in [0, 0.1) is 5.92 Å². The highest BCUT2D eigenvalue weighted by molar-refractivity contribution is 5.81. The van der Waals surface area contributed by atoms with Crippen LogP contribution in [0.2, 0.25) is 0 Å². The topological polar surface area (TPSA) is 75.6 Å². The number of nitrogens with one attached hydrogen (secondary N) is 1. The highest BCUT2D eigenvalue weighted by Crippen LogP contribution is 2.44. The molecule has 0 aromatic heterocycles. The highest BCUT2D eigenvalue weighted by Gasteiger charge is 2.30. The van der Waals surface area contributed by atoms with Crippen LogP contribution in [0.25, 0.3) is 11.1 Å². The van der Waals surface area contributed by atoms with Gasteiger partial charge < -0.3 is 15.2 Å². The van der Waals surface area contributed by atoms with Gasteiger partial charge in [0.2, 0.25) is 0 Å². The van der Waals surface area contributed by atoms with E-state index in [4.69, 9.17) is 9.84 Å². The lowest BCUT2D eigenvalue weighted by molar-refractivity contribution is -0.140. The Morgan fingerprint density at radius 3 is 2.04 bits per heavy atom. The first-order valence-corrected chi connectivity index (χ1v) is 8.33. The molecule has 0 fully saturated rings. The fourth-order valence-electron chi connectivity index (χ4n) is 3.28. The quantitative estimate of drug-likeness (QED) is 0.815. The van der Waals surface area contributed by atoms with Crippen molar-refractivity contribution in [3.63, 3.8) is 0 Å². The number of amides is 1. The van der Waals surface area contributed by atoms with Crippen molar-refractivity contribution in [1.29, 1.82) is 0 Å². The van der Waals surface area contributed by atoms with Gasteiger partial charge in [0, 0.05) is 5.92 Å². The molecule has 0 radical (unpaired) electrons. The van der Waals surface area contributed by atoms with Crippen LogP contribution in [0.5, 0.6) is 0 Å². The lowest BCUT2D eigenvalue weighted by atomic mass is 9.98. The zero-order chi connectivity index (χ0) is 18.0. The third kappa shape index (κ3) is 3.36. The maximum Gasteiger partial charge on any atom is 0.407 e. The van der Waals surface area contributed by atoms with Crippen LogP contribution in [-0.2, 0) is 9.53 Å². The van der Waals surface area contributed by atoms with E-state index < -0.39 is 18.1 Å². The number of benzene rings is 2. The van der Waals surface area contributed by atoms with E-state index in [1.54, 1.807) is 13.8 Å². The SMILES string of the molecule is CC(C)[C@H]([15NH]C(=O)OCC1c2ccccc2-c2ccccc21)C(=O)O. The molecule has 0 spiro atoms. The second kappa shape index (κ2) is 6.97. The van der Waals surface area contributed by atoms with Crippen LogP contribution < -0.4 is 5.32 Å². The molecule has 1 atom stereocenters. The van der Waals surface area contributed by atoms with Gasteiger partial charge in [-0.25, -0.2) is 9.59 Å². The zero-order valence-corrected chi connectivity index (χ0v) is 14.2. The van der Waals surface area contributed by atoms with Gasteiger partial charge in [-0.15, -0.1) is 0 Å². The fourth-order valence-corrected chi connectivity index (χ4v) is 3.28. The molecule has 0 unspecified atom stereocenters. The van der Waals surface area contributed by atoms with E-state index in [1.165, 1.54) is 0 Å². The maximum absolute atomic E-state index is 12.0. The van der Waals surface area contributed by atoms with Crippen molar-refractivity contribution < 1.29 is 19.4 Å². The summed E-state index contributed by atoms with van der Waals surface area (Å²) in [5, 5.41) is 11.6. The van der Waals surface area contributed by atoms with Gasteiger partial charge in [-0.05, 0) is 28.2 Å². The minimum atomic E-state index is -1.07. The van der Waals surface area contributed by atoms with Crippen molar-refractivity contribution in [1.82, 2.24) is 5.32 Å². The number of carboxylic acids is 1. The van der Waals surface area contributed by atoms with Gasteiger partial charge in [-0.3, -0.25) is 0 Å². The zero-order valence-electron chi connectivity index (χ0n) is 14.2. The molecule has 2 aromatic rings. The number of carbonyl (C=O) groups excluding carboxylic acids is 1. The first-order valence-electron chi connectivity index (χ1n) is 8.33. The number of carbonyl (C=O) groups is 2. The molecule has 1 aliphatic rings. The average Bonchev–Trinajstić information content (AvgIpc) is 2.91. The predicted octanol–water partition coefficient (Wildman–Crippen LogP) is 3.63. The summed E-state index contributed by atoms with van der Waals surface area (Å²) in [6.07, 6.45) is -0.706. The molecule has 2 N–H and O–H groups in total. The normalized spacial score (nSPS) is 13.9. The van der Waals surface area contributed by atoms with E-state index in [-0.39, 0.29) is 18.4 Å². The predicted molar refractivity (Wildman–Crippen MR) is 94.5 cm³/mol. The molecule has 25 heavy (non-hydrogen) atoms. The molecule has 5 nitrogen and oxygen atoms in total. The van der Waals surface area contributed by atoms with Gasteiger partial charge in [0.1, 0.15) is 12.6 Å². The molecular formula is C20H21NO4. The van der Waals surface area contributed by atoms with E-state index in [0.717, 1.165) is 22.3 Å². The van der Waals surface area contributed by atoms with Crippen molar-refractivity contribution in [3.8, 4) is 11.1 Å². The standard InChI is InChI=1S/C20H21NO4/c1-12(2)18(19(22)23)21-20(24)25-11-17-15-9-5-3-7-13(15)14-8-4-6-10-16(14)17/h3-10,12,17-18H,11H2,1-2H3,(H,21,24)(H,22,23)/t18-/m0/s1/i21+1. The Morgan fingerprint density at radius 2 is 1.56 bits per heavy atom. The summed E-state index contributed by atoms with van der Waals surface area (Å²) in [5.74, 6) is -1.33. The fraction of sp³-hybridized carbons (Fsp3) is 0.300. The molecule has 0 bridgehead atoms. The van der Waals surface area contributed by atoms with Crippen LogP contribution in [0.4, 0.5) is 4.79 Å². The number of hydrogen-bond acceptors (Lipinski definition) is 3. The van der Waals surface area contributed by atoms with Crippen molar-refractivity contribution >= 4 is 12.1 Å². The van der Waals surface area contributed by atoms with Gasteiger partial charge in [-0.1, -0.05) is 62.4 Å². The van der Waals surface area contributed by atoms with Gasteiger partial charge in [0.05, 0.1) is 0 Å². The van der Waals surface area contributed by atoms with E-state index in [1.807, 2.05) is 36.4 Å². The van der Waals surface area contributed by atoms with E-state index in [9.17, 15) is 9.59 Å². The first-order chi connectivity index (χ1) is 12.0. The van der Waals surface area contributed by atoms with Crippen molar-refractivity contribution in [3.05, 3.63) is 59.7 Å². The Morgan fingerprint density at radius 1 is 1.04 bits per heavy atom. The smallest absolute Gasteiger partial charge is 0.407 e. The molecule has 0 heterocycles. The number of ether oxygens (including phenoxy) is 1. The maximum atomic E-state index is 12.0. The summed E-state index contributed by atoms with van der Waals surface area (Å²) < 4.78 is 5.36. The van der Waals surface area contributed by atoms with Gasteiger partial charge in [0.25, 0.3) is 0 Å². The molecule has 5 heteroatoms. The Labute approximate surface area is 146 Å². The number of hydrogen-bond donors (Lipinski definition) is 2.